The molecule has 1 fully saturated rings. The van der Waals surface area contributed by atoms with Gasteiger partial charge in [-0.1, -0.05) is 0 Å². The Morgan fingerprint density at radius 1 is 1.10 bits per heavy atom. The standard InChI is InChI=1S/C12H24N8/c1-18(2)9-5-7-20(8-6-9)12-15-10(17-13)14-11(16-12)19(3)4/h9H,5-8,13H2,1-4H3,(H,14,15,16,17). The lowest BCUT2D eigenvalue weighted by Crippen LogP contribution is -2.42. The Bertz CT molecular complexity index is 439. The average molecular weight is 280 g/mol. The Kier molecular flexibility index (Phi) is 4.56. The predicted molar refractivity (Wildman–Crippen MR) is 80.9 cm³/mol. The van der Waals surface area contributed by atoms with Gasteiger partial charge in [-0.15, -0.1) is 0 Å². The van der Waals surface area contributed by atoms with Crippen molar-refractivity contribution in [2.24, 2.45) is 5.84 Å². The lowest BCUT2D eigenvalue weighted by atomic mass is 10.0. The quantitative estimate of drug-likeness (QED) is 0.577. The zero-order valence-corrected chi connectivity index (χ0v) is 12.7. The second kappa shape index (κ2) is 6.19. The van der Waals surface area contributed by atoms with E-state index in [-0.39, 0.29) is 0 Å². The molecule has 8 nitrogen and oxygen atoms in total. The number of aromatic nitrogens is 3. The zero-order chi connectivity index (χ0) is 14.7. The van der Waals surface area contributed by atoms with Crippen molar-refractivity contribution in [2.75, 3.05) is 56.5 Å². The molecule has 20 heavy (non-hydrogen) atoms. The van der Waals surface area contributed by atoms with E-state index in [2.05, 4.69) is 44.3 Å². The summed E-state index contributed by atoms with van der Waals surface area (Å²) in [5.74, 6) is 7.13. The third-order valence-electron chi connectivity index (χ3n) is 3.62. The molecular formula is C12H24N8. The van der Waals surface area contributed by atoms with Crippen LogP contribution in [0.1, 0.15) is 12.8 Å². The molecule has 0 radical (unpaired) electrons. The first kappa shape index (κ1) is 14.7. The third kappa shape index (κ3) is 3.26. The number of hydrazine groups is 1. The van der Waals surface area contributed by atoms with E-state index < -0.39 is 0 Å². The van der Waals surface area contributed by atoms with Crippen molar-refractivity contribution in [3.05, 3.63) is 0 Å². The van der Waals surface area contributed by atoms with Crippen LogP contribution in [0.4, 0.5) is 17.8 Å². The van der Waals surface area contributed by atoms with Crippen LogP contribution in [0.3, 0.4) is 0 Å². The molecule has 0 atom stereocenters. The van der Waals surface area contributed by atoms with Gasteiger partial charge in [0, 0.05) is 33.2 Å². The molecule has 1 aromatic rings. The Hall–Kier alpha value is -1.67. The van der Waals surface area contributed by atoms with E-state index >= 15 is 0 Å². The monoisotopic (exact) mass is 280 g/mol. The maximum Gasteiger partial charge on any atom is 0.243 e. The Balaban J connectivity index is 2.15. The minimum atomic E-state index is 0.397. The SMILES string of the molecule is CN(C)c1nc(NN)nc(N2CCC(N(C)C)CC2)n1. The summed E-state index contributed by atoms with van der Waals surface area (Å²) in [7, 11) is 8.06. The van der Waals surface area contributed by atoms with Gasteiger partial charge in [-0.2, -0.15) is 15.0 Å². The van der Waals surface area contributed by atoms with Gasteiger partial charge in [0.1, 0.15) is 0 Å². The number of nitrogen functional groups attached to an aromatic ring is 1. The summed E-state index contributed by atoms with van der Waals surface area (Å²) in [6, 6.07) is 0.633. The van der Waals surface area contributed by atoms with Crippen molar-refractivity contribution in [2.45, 2.75) is 18.9 Å². The van der Waals surface area contributed by atoms with Gasteiger partial charge in [0.15, 0.2) is 0 Å². The minimum absolute atomic E-state index is 0.397. The molecule has 1 saturated heterocycles. The van der Waals surface area contributed by atoms with Crippen LogP contribution in [0.15, 0.2) is 0 Å². The van der Waals surface area contributed by atoms with Gasteiger partial charge in [-0.25, -0.2) is 5.84 Å². The van der Waals surface area contributed by atoms with Gasteiger partial charge in [0.05, 0.1) is 0 Å². The highest BCUT2D eigenvalue weighted by Gasteiger charge is 2.23. The van der Waals surface area contributed by atoms with E-state index in [1.165, 1.54) is 0 Å². The van der Waals surface area contributed by atoms with Gasteiger partial charge >= 0.3 is 0 Å². The molecule has 112 valence electrons. The van der Waals surface area contributed by atoms with E-state index in [1.807, 2.05) is 19.0 Å². The smallest absolute Gasteiger partial charge is 0.243 e. The van der Waals surface area contributed by atoms with Crippen LogP contribution in [-0.2, 0) is 0 Å². The summed E-state index contributed by atoms with van der Waals surface area (Å²) in [4.78, 5) is 19.4. The highest BCUT2D eigenvalue weighted by atomic mass is 15.4. The van der Waals surface area contributed by atoms with Crippen molar-refractivity contribution in [1.29, 1.82) is 0 Å². The maximum absolute atomic E-state index is 5.43. The molecule has 1 aliphatic heterocycles. The second-order valence-corrected chi connectivity index (χ2v) is 5.48. The molecule has 8 heteroatoms. The molecule has 3 N–H and O–H groups in total. The molecule has 0 aliphatic carbocycles. The van der Waals surface area contributed by atoms with Gasteiger partial charge < -0.3 is 14.7 Å². The number of nitrogens with two attached hydrogens (primary N) is 1. The highest BCUT2D eigenvalue weighted by molar-refractivity contribution is 5.44. The van der Waals surface area contributed by atoms with E-state index in [0.717, 1.165) is 25.9 Å². The van der Waals surface area contributed by atoms with Crippen molar-refractivity contribution in [1.82, 2.24) is 19.9 Å². The number of rotatable bonds is 4. The van der Waals surface area contributed by atoms with E-state index in [1.54, 1.807) is 0 Å². The normalized spacial score (nSPS) is 16.6. The fourth-order valence-electron chi connectivity index (χ4n) is 2.34. The van der Waals surface area contributed by atoms with Crippen molar-refractivity contribution >= 4 is 17.8 Å². The van der Waals surface area contributed by atoms with Crippen molar-refractivity contribution in [3.63, 3.8) is 0 Å². The Labute approximate surface area is 120 Å². The summed E-state index contributed by atoms with van der Waals surface area (Å²) in [6.07, 6.45) is 2.22. The highest BCUT2D eigenvalue weighted by Crippen LogP contribution is 2.20. The van der Waals surface area contributed by atoms with E-state index in [0.29, 0.717) is 23.9 Å². The summed E-state index contributed by atoms with van der Waals surface area (Å²) >= 11 is 0. The third-order valence-corrected chi connectivity index (χ3v) is 3.62. The lowest BCUT2D eigenvalue weighted by molar-refractivity contribution is 0.249. The number of nitrogens with zero attached hydrogens (tertiary/aromatic N) is 6. The van der Waals surface area contributed by atoms with Crippen LogP contribution in [0.2, 0.25) is 0 Å². The van der Waals surface area contributed by atoms with E-state index in [9.17, 15) is 0 Å². The molecule has 2 rings (SSSR count). The molecule has 0 bridgehead atoms. The molecule has 1 aliphatic rings. The molecule has 0 unspecified atom stereocenters. The fraction of sp³-hybridized carbons (Fsp3) is 0.750. The van der Waals surface area contributed by atoms with Crippen LogP contribution in [0.25, 0.3) is 0 Å². The van der Waals surface area contributed by atoms with Gasteiger partial charge in [-0.3, -0.25) is 5.43 Å². The number of hydrogen-bond donors (Lipinski definition) is 2. The summed E-state index contributed by atoms with van der Waals surface area (Å²) in [5, 5.41) is 0. The number of piperidine rings is 1. The van der Waals surface area contributed by atoms with Crippen LogP contribution >= 0.6 is 0 Å². The Morgan fingerprint density at radius 3 is 2.25 bits per heavy atom. The van der Waals surface area contributed by atoms with Gasteiger partial charge in [0.25, 0.3) is 0 Å². The molecule has 0 saturated carbocycles. The summed E-state index contributed by atoms with van der Waals surface area (Å²) in [6.45, 7) is 1.90. The molecule has 0 spiro atoms. The first-order valence-corrected chi connectivity index (χ1v) is 6.82. The van der Waals surface area contributed by atoms with Gasteiger partial charge in [0.2, 0.25) is 17.8 Å². The predicted octanol–water partition coefficient (Wildman–Crippen LogP) is -0.246. The summed E-state index contributed by atoms with van der Waals surface area (Å²) < 4.78 is 0. The topological polar surface area (TPSA) is 86.4 Å². The van der Waals surface area contributed by atoms with Crippen molar-refractivity contribution < 1.29 is 0 Å². The Morgan fingerprint density at radius 2 is 1.75 bits per heavy atom. The number of hydrogen-bond acceptors (Lipinski definition) is 8. The van der Waals surface area contributed by atoms with Crippen LogP contribution in [0, 0.1) is 0 Å². The average Bonchev–Trinajstić information content (AvgIpc) is 2.46. The van der Waals surface area contributed by atoms with Gasteiger partial charge in [-0.05, 0) is 26.9 Å². The molecule has 0 amide bonds. The molecule has 0 aromatic carbocycles. The first-order chi connectivity index (χ1) is 9.51. The largest absolute Gasteiger partial charge is 0.347 e. The van der Waals surface area contributed by atoms with E-state index in [4.69, 9.17) is 5.84 Å². The maximum atomic E-state index is 5.43. The summed E-state index contributed by atoms with van der Waals surface area (Å²) in [5.41, 5.74) is 2.50. The van der Waals surface area contributed by atoms with Crippen LogP contribution < -0.4 is 21.1 Å². The van der Waals surface area contributed by atoms with Crippen LogP contribution in [-0.4, -0.2) is 67.2 Å². The second-order valence-electron chi connectivity index (χ2n) is 5.48. The van der Waals surface area contributed by atoms with Crippen LogP contribution in [0.5, 0.6) is 0 Å². The molecule has 1 aromatic heterocycles. The first-order valence-electron chi connectivity index (χ1n) is 6.82. The number of nitrogens with one attached hydrogen (secondary N) is 1. The van der Waals surface area contributed by atoms with Crippen molar-refractivity contribution in [3.8, 4) is 0 Å². The lowest BCUT2D eigenvalue weighted by Gasteiger charge is -2.35. The minimum Gasteiger partial charge on any atom is -0.347 e. The zero-order valence-electron chi connectivity index (χ0n) is 12.7. The fourth-order valence-corrected chi connectivity index (χ4v) is 2.34. The number of anilines is 3. The molecular weight excluding hydrogens is 256 g/mol. The molecule has 2 heterocycles.